The molecule has 1 N–H and O–H groups in total. The monoisotopic (exact) mass is 436 g/mol. The summed E-state index contributed by atoms with van der Waals surface area (Å²) in [5.41, 5.74) is 1.26. The van der Waals surface area contributed by atoms with Crippen LogP contribution < -0.4 is 9.80 Å². The van der Waals surface area contributed by atoms with Crippen LogP contribution in [-0.2, 0) is 9.59 Å². The maximum atomic E-state index is 13.4. The van der Waals surface area contributed by atoms with Crippen molar-refractivity contribution in [2.45, 2.75) is 25.7 Å². The molecule has 7 heteroatoms. The number of rotatable bonds is 7. The predicted molar refractivity (Wildman–Crippen MR) is 125 cm³/mol. The minimum Gasteiger partial charge on any atom is -0.481 e. The number of anilines is 2. The zero-order valence-corrected chi connectivity index (χ0v) is 18.5. The van der Waals surface area contributed by atoms with Crippen LogP contribution in [0, 0.1) is 11.8 Å². The van der Waals surface area contributed by atoms with E-state index in [0.717, 1.165) is 32.7 Å². The molecule has 1 saturated carbocycles. The first kappa shape index (κ1) is 22.3. The van der Waals surface area contributed by atoms with Gasteiger partial charge in [-0.05, 0) is 49.9 Å². The number of nitrogens with zero attached hydrogens (tertiary/aromatic N) is 4. The van der Waals surface area contributed by atoms with E-state index < -0.39 is 5.97 Å². The minimum atomic E-state index is -0.743. The van der Waals surface area contributed by atoms with Gasteiger partial charge in [-0.1, -0.05) is 24.3 Å². The Kier molecular flexibility index (Phi) is 7.37. The van der Waals surface area contributed by atoms with Gasteiger partial charge in [0, 0.05) is 57.1 Å². The third-order valence-electron chi connectivity index (χ3n) is 6.75. The molecule has 0 bridgehead atoms. The van der Waals surface area contributed by atoms with Crippen molar-refractivity contribution in [3.05, 3.63) is 54.7 Å². The van der Waals surface area contributed by atoms with Gasteiger partial charge in [0.05, 0.1) is 5.92 Å². The van der Waals surface area contributed by atoms with Crippen molar-refractivity contribution in [3.8, 4) is 0 Å². The number of aromatic nitrogens is 1. The highest BCUT2D eigenvalue weighted by Gasteiger charge is 2.33. The van der Waals surface area contributed by atoms with Gasteiger partial charge < -0.3 is 10.0 Å². The van der Waals surface area contributed by atoms with E-state index in [1.165, 1.54) is 5.69 Å². The number of carbonyl (C=O) groups excluding carboxylic acids is 1. The summed E-state index contributed by atoms with van der Waals surface area (Å²) in [5.74, 6) is -0.422. The van der Waals surface area contributed by atoms with Crippen molar-refractivity contribution in [3.63, 3.8) is 0 Å². The molecule has 1 aromatic carbocycles. The molecular formula is C25H32N4O3. The van der Waals surface area contributed by atoms with Crippen LogP contribution in [0.2, 0.25) is 0 Å². The third-order valence-corrected chi connectivity index (χ3v) is 6.75. The molecule has 1 aromatic heterocycles. The van der Waals surface area contributed by atoms with Gasteiger partial charge in [-0.3, -0.25) is 19.4 Å². The highest BCUT2D eigenvalue weighted by atomic mass is 16.4. The summed E-state index contributed by atoms with van der Waals surface area (Å²) in [4.78, 5) is 35.7. The van der Waals surface area contributed by atoms with E-state index in [4.69, 9.17) is 0 Å². The molecule has 4 rings (SSSR count). The van der Waals surface area contributed by atoms with Crippen molar-refractivity contribution in [1.82, 2.24) is 9.88 Å². The van der Waals surface area contributed by atoms with E-state index in [-0.39, 0.29) is 17.7 Å². The lowest BCUT2D eigenvalue weighted by molar-refractivity contribution is -0.144. The van der Waals surface area contributed by atoms with Crippen molar-refractivity contribution in [2.75, 3.05) is 49.1 Å². The average Bonchev–Trinajstić information content (AvgIpc) is 2.85. The van der Waals surface area contributed by atoms with Crippen molar-refractivity contribution >= 4 is 23.4 Å². The Hall–Kier alpha value is -2.93. The number of amides is 1. The van der Waals surface area contributed by atoms with Crippen LogP contribution in [0.3, 0.4) is 0 Å². The van der Waals surface area contributed by atoms with Crippen LogP contribution in [0.25, 0.3) is 0 Å². The number of carboxylic acid groups (broad SMARTS) is 1. The number of para-hydroxylation sites is 1. The van der Waals surface area contributed by atoms with Gasteiger partial charge >= 0.3 is 5.97 Å². The zero-order chi connectivity index (χ0) is 22.3. The van der Waals surface area contributed by atoms with E-state index in [0.29, 0.717) is 38.0 Å². The fourth-order valence-electron chi connectivity index (χ4n) is 4.77. The first-order valence-electron chi connectivity index (χ1n) is 11.6. The van der Waals surface area contributed by atoms with Gasteiger partial charge in [-0.25, -0.2) is 4.98 Å². The number of hydrogen-bond acceptors (Lipinski definition) is 5. The summed E-state index contributed by atoms with van der Waals surface area (Å²) in [6.45, 7) is 5.27. The minimum absolute atomic E-state index is 0.0791. The van der Waals surface area contributed by atoms with Crippen molar-refractivity contribution in [2.24, 2.45) is 11.8 Å². The van der Waals surface area contributed by atoms with E-state index in [9.17, 15) is 14.7 Å². The van der Waals surface area contributed by atoms with Crippen molar-refractivity contribution in [1.29, 1.82) is 0 Å². The second kappa shape index (κ2) is 10.6. The zero-order valence-electron chi connectivity index (χ0n) is 18.5. The number of carboxylic acids is 1. The molecule has 2 aromatic rings. The molecule has 1 saturated heterocycles. The molecule has 2 aliphatic rings. The molecule has 1 aliphatic heterocycles. The molecule has 1 amide bonds. The topological polar surface area (TPSA) is 77.0 Å². The lowest BCUT2D eigenvalue weighted by Gasteiger charge is -2.37. The SMILES string of the molecule is O=C(O)C1CCC(C(=O)N(CCN2CCN(c3ccccc3)CC2)c2ccccn2)CC1. The van der Waals surface area contributed by atoms with E-state index in [1.54, 1.807) is 6.20 Å². The Bertz CT molecular complexity index is 877. The largest absolute Gasteiger partial charge is 0.481 e. The quantitative estimate of drug-likeness (QED) is 0.719. The predicted octanol–water partition coefficient (Wildman–Crippen LogP) is 3.13. The maximum Gasteiger partial charge on any atom is 0.306 e. The van der Waals surface area contributed by atoms with Crippen LogP contribution in [0.15, 0.2) is 54.7 Å². The molecule has 7 nitrogen and oxygen atoms in total. The molecule has 0 radical (unpaired) electrons. The molecule has 0 atom stereocenters. The van der Waals surface area contributed by atoms with Crippen LogP contribution >= 0.6 is 0 Å². The molecule has 2 heterocycles. The van der Waals surface area contributed by atoms with E-state index in [2.05, 4.69) is 39.0 Å². The first-order chi connectivity index (χ1) is 15.6. The highest BCUT2D eigenvalue weighted by Crippen LogP contribution is 2.31. The van der Waals surface area contributed by atoms with Crippen molar-refractivity contribution < 1.29 is 14.7 Å². The fraction of sp³-hybridized carbons (Fsp3) is 0.480. The number of aliphatic carboxylic acids is 1. The Labute approximate surface area is 189 Å². The summed E-state index contributed by atoms with van der Waals surface area (Å²) in [7, 11) is 0. The summed E-state index contributed by atoms with van der Waals surface area (Å²) in [6.07, 6.45) is 4.13. The van der Waals surface area contributed by atoms with Crippen LogP contribution in [0.1, 0.15) is 25.7 Å². The highest BCUT2D eigenvalue weighted by molar-refractivity contribution is 5.94. The maximum absolute atomic E-state index is 13.4. The summed E-state index contributed by atoms with van der Waals surface area (Å²) < 4.78 is 0. The Balaban J connectivity index is 1.35. The second-order valence-electron chi connectivity index (χ2n) is 8.73. The van der Waals surface area contributed by atoms with Gasteiger partial charge in [0.2, 0.25) is 5.91 Å². The normalized spacial score (nSPS) is 21.8. The summed E-state index contributed by atoms with van der Waals surface area (Å²) >= 11 is 0. The number of pyridine rings is 1. The Morgan fingerprint density at radius 1 is 0.906 bits per heavy atom. The number of piperazine rings is 1. The average molecular weight is 437 g/mol. The molecule has 0 unspecified atom stereocenters. The van der Waals surface area contributed by atoms with Gasteiger partial charge in [-0.15, -0.1) is 0 Å². The Morgan fingerprint density at radius 2 is 1.56 bits per heavy atom. The van der Waals surface area contributed by atoms with Crippen LogP contribution in [0.5, 0.6) is 0 Å². The molecule has 170 valence electrons. The fourth-order valence-corrected chi connectivity index (χ4v) is 4.77. The van der Waals surface area contributed by atoms with E-state index >= 15 is 0 Å². The van der Waals surface area contributed by atoms with Gasteiger partial charge in [0.25, 0.3) is 0 Å². The summed E-state index contributed by atoms with van der Waals surface area (Å²) in [5, 5.41) is 9.26. The van der Waals surface area contributed by atoms with E-state index in [1.807, 2.05) is 29.2 Å². The number of carbonyl (C=O) groups is 2. The molecule has 1 aliphatic carbocycles. The molecule has 2 fully saturated rings. The van der Waals surface area contributed by atoms with Gasteiger partial charge in [0.1, 0.15) is 5.82 Å². The van der Waals surface area contributed by atoms with Crippen LogP contribution in [-0.4, -0.2) is 66.1 Å². The molecule has 32 heavy (non-hydrogen) atoms. The molecular weight excluding hydrogens is 404 g/mol. The molecule has 0 spiro atoms. The Morgan fingerprint density at radius 3 is 2.19 bits per heavy atom. The van der Waals surface area contributed by atoms with Crippen LogP contribution in [0.4, 0.5) is 11.5 Å². The summed E-state index contributed by atoms with van der Waals surface area (Å²) in [6, 6.07) is 16.1. The standard InChI is InChI=1S/C25H32N4O3/c30-24(20-9-11-21(12-10-20)25(31)32)29(23-8-4-5-13-26-23)19-16-27-14-17-28(18-15-27)22-6-2-1-3-7-22/h1-8,13,20-21H,9-12,14-19H2,(H,31,32). The third kappa shape index (κ3) is 5.46. The lowest BCUT2D eigenvalue weighted by atomic mass is 9.81. The lowest BCUT2D eigenvalue weighted by Crippen LogP contribution is -2.50. The van der Waals surface area contributed by atoms with Gasteiger partial charge in [0.15, 0.2) is 0 Å². The first-order valence-corrected chi connectivity index (χ1v) is 11.6. The second-order valence-corrected chi connectivity index (χ2v) is 8.73. The van der Waals surface area contributed by atoms with Gasteiger partial charge in [-0.2, -0.15) is 0 Å². The smallest absolute Gasteiger partial charge is 0.306 e. The number of hydrogen-bond donors (Lipinski definition) is 1. The number of benzene rings is 1.